The number of anilines is 2. The van der Waals surface area contributed by atoms with Gasteiger partial charge in [-0.3, -0.25) is 14.8 Å². The zero-order valence-electron chi connectivity index (χ0n) is 22.3. The maximum Gasteiger partial charge on any atom is 0.257 e. The average molecular weight is 627 g/mol. The molecule has 3 aromatic heterocycles. The van der Waals surface area contributed by atoms with E-state index in [2.05, 4.69) is 20.2 Å². The number of piperidine rings is 1. The first kappa shape index (κ1) is 27.3. The summed E-state index contributed by atoms with van der Waals surface area (Å²) in [6.45, 7) is 1.81. The molecule has 1 unspecified atom stereocenters. The SMILES string of the molecule is O=C(Nc1nccs1)C(c1ncn2c1C[C@@H](F)C2)n1cc2c(Cl)cc(-c3ccc(N4CCC(O)CC4)cc3)c(Cl)c2n1. The number of fused-ring (bicyclic) bond motifs is 2. The topological polar surface area (TPSA) is 101 Å². The number of thiazole rings is 1. The van der Waals surface area contributed by atoms with Gasteiger partial charge in [-0.05, 0) is 36.6 Å². The Hall–Kier alpha value is -3.51. The van der Waals surface area contributed by atoms with Gasteiger partial charge in [0.1, 0.15) is 11.7 Å². The van der Waals surface area contributed by atoms with Crippen LogP contribution in [0.1, 0.15) is 30.3 Å². The molecule has 0 spiro atoms. The van der Waals surface area contributed by atoms with Crippen molar-refractivity contribution in [3.05, 3.63) is 75.9 Å². The molecule has 0 radical (unpaired) electrons. The van der Waals surface area contributed by atoms with Crippen LogP contribution in [0.4, 0.5) is 15.2 Å². The summed E-state index contributed by atoms with van der Waals surface area (Å²) in [5, 5.41) is 21.0. The van der Waals surface area contributed by atoms with Crippen molar-refractivity contribution < 1.29 is 14.3 Å². The van der Waals surface area contributed by atoms with Gasteiger partial charge in [-0.25, -0.2) is 14.4 Å². The van der Waals surface area contributed by atoms with E-state index in [0.29, 0.717) is 43.0 Å². The summed E-state index contributed by atoms with van der Waals surface area (Å²) in [5.74, 6) is -0.408. The highest BCUT2D eigenvalue weighted by Gasteiger charge is 2.34. The summed E-state index contributed by atoms with van der Waals surface area (Å²) < 4.78 is 17.5. The van der Waals surface area contributed by atoms with Crippen LogP contribution in [0, 0.1) is 0 Å². The lowest BCUT2D eigenvalue weighted by atomic mass is 10.0. The number of hydrogen-bond donors (Lipinski definition) is 2. The Morgan fingerprint density at radius 2 is 1.95 bits per heavy atom. The molecule has 2 aliphatic heterocycles. The zero-order valence-corrected chi connectivity index (χ0v) is 24.6. The van der Waals surface area contributed by atoms with Gasteiger partial charge in [-0.1, -0.05) is 35.3 Å². The van der Waals surface area contributed by atoms with Crippen LogP contribution in [0.3, 0.4) is 0 Å². The molecule has 13 heteroatoms. The summed E-state index contributed by atoms with van der Waals surface area (Å²) >= 11 is 15.0. The number of imidazole rings is 1. The van der Waals surface area contributed by atoms with E-state index < -0.39 is 18.1 Å². The van der Waals surface area contributed by atoms with Crippen molar-refractivity contribution in [2.24, 2.45) is 0 Å². The van der Waals surface area contributed by atoms with Crippen LogP contribution >= 0.6 is 34.5 Å². The van der Waals surface area contributed by atoms with E-state index in [1.54, 1.807) is 34.7 Å². The molecule has 42 heavy (non-hydrogen) atoms. The smallest absolute Gasteiger partial charge is 0.257 e. The zero-order chi connectivity index (χ0) is 29.0. The van der Waals surface area contributed by atoms with Crippen molar-refractivity contribution in [3.63, 3.8) is 0 Å². The van der Waals surface area contributed by atoms with Gasteiger partial charge >= 0.3 is 0 Å². The normalized spacial score (nSPS) is 18.0. The lowest BCUT2D eigenvalue weighted by Crippen LogP contribution is -2.35. The summed E-state index contributed by atoms with van der Waals surface area (Å²) in [6.07, 6.45) is 5.23. The average Bonchev–Trinajstić information content (AvgIpc) is 3.78. The molecule has 7 rings (SSSR count). The van der Waals surface area contributed by atoms with Crippen molar-refractivity contribution in [3.8, 4) is 11.1 Å². The Balaban J connectivity index is 1.26. The van der Waals surface area contributed by atoms with E-state index in [1.165, 1.54) is 16.0 Å². The number of carbonyl (C=O) groups is 1. The van der Waals surface area contributed by atoms with E-state index >= 15 is 0 Å². The fourth-order valence-electron chi connectivity index (χ4n) is 5.79. The van der Waals surface area contributed by atoms with Gasteiger partial charge in [0.25, 0.3) is 5.91 Å². The second-order valence-corrected chi connectivity index (χ2v) is 12.3. The fraction of sp³-hybridized carbons (Fsp3) is 0.310. The van der Waals surface area contributed by atoms with Crippen molar-refractivity contribution in [1.82, 2.24) is 24.3 Å². The molecule has 216 valence electrons. The highest BCUT2D eigenvalue weighted by atomic mass is 35.5. The minimum Gasteiger partial charge on any atom is -0.393 e. The Bertz CT molecular complexity index is 1760. The van der Waals surface area contributed by atoms with Crippen molar-refractivity contribution in [2.45, 2.75) is 44.1 Å². The summed E-state index contributed by atoms with van der Waals surface area (Å²) in [5.41, 5.74) is 4.19. The number of hydrogen-bond acceptors (Lipinski definition) is 7. The molecule has 1 saturated heterocycles. The molecule has 2 atom stereocenters. The second-order valence-electron chi connectivity index (χ2n) is 10.6. The number of aliphatic hydroxyl groups is 1. The lowest BCUT2D eigenvalue weighted by Gasteiger charge is -2.31. The second kappa shape index (κ2) is 11.0. The van der Waals surface area contributed by atoms with E-state index in [-0.39, 0.29) is 19.1 Å². The maximum atomic E-state index is 14.3. The molecule has 1 fully saturated rings. The number of aromatic nitrogens is 5. The minimum atomic E-state index is -1.04. The van der Waals surface area contributed by atoms with E-state index in [9.17, 15) is 14.3 Å². The maximum absolute atomic E-state index is 14.3. The predicted octanol–water partition coefficient (Wildman–Crippen LogP) is 5.75. The monoisotopic (exact) mass is 625 g/mol. The van der Waals surface area contributed by atoms with Crippen molar-refractivity contribution in [1.29, 1.82) is 0 Å². The van der Waals surface area contributed by atoms with Gasteiger partial charge in [-0.15, -0.1) is 11.3 Å². The molecular formula is C29H26Cl2FN7O2S. The number of alkyl halides is 1. The molecule has 5 heterocycles. The van der Waals surface area contributed by atoms with Gasteiger partial charge in [0.15, 0.2) is 11.2 Å². The van der Waals surface area contributed by atoms with Crippen molar-refractivity contribution >= 4 is 62.2 Å². The van der Waals surface area contributed by atoms with Gasteiger partial charge in [-0.2, -0.15) is 5.10 Å². The van der Waals surface area contributed by atoms with Gasteiger partial charge < -0.3 is 14.6 Å². The third-order valence-electron chi connectivity index (χ3n) is 7.94. The number of nitrogens with zero attached hydrogens (tertiary/aromatic N) is 6. The number of benzene rings is 2. The van der Waals surface area contributed by atoms with Crippen molar-refractivity contribution in [2.75, 3.05) is 23.3 Å². The van der Waals surface area contributed by atoms with Gasteiger partial charge in [0.05, 0.1) is 34.7 Å². The Labute approximate surface area is 254 Å². The molecule has 0 aliphatic carbocycles. The van der Waals surface area contributed by atoms with E-state index in [4.69, 9.17) is 28.3 Å². The molecule has 1 amide bonds. The third kappa shape index (κ3) is 4.94. The number of aliphatic hydroxyl groups excluding tert-OH is 1. The van der Waals surface area contributed by atoms with E-state index in [1.807, 2.05) is 24.3 Å². The van der Waals surface area contributed by atoms with Crippen LogP contribution in [0.5, 0.6) is 0 Å². The predicted molar refractivity (Wildman–Crippen MR) is 162 cm³/mol. The Morgan fingerprint density at radius 1 is 1.17 bits per heavy atom. The van der Waals surface area contributed by atoms with Gasteiger partial charge in [0.2, 0.25) is 0 Å². The van der Waals surface area contributed by atoms with E-state index in [0.717, 1.165) is 37.2 Å². The molecule has 0 bridgehead atoms. The minimum absolute atomic E-state index is 0.164. The first-order chi connectivity index (χ1) is 20.4. The molecule has 2 N–H and O–H groups in total. The highest BCUT2D eigenvalue weighted by Crippen LogP contribution is 2.40. The Kier molecular flexibility index (Phi) is 7.13. The molecule has 2 aromatic carbocycles. The number of halogens is 3. The van der Waals surface area contributed by atoms with Crippen LogP contribution in [0.15, 0.2) is 54.4 Å². The van der Waals surface area contributed by atoms with Crippen LogP contribution in [-0.4, -0.2) is 60.7 Å². The summed E-state index contributed by atoms with van der Waals surface area (Å²) in [4.78, 5) is 24.6. The van der Waals surface area contributed by atoms with Gasteiger partial charge in [0, 0.05) is 59.6 Å². The standard InChI is InChI=1S/C29H26Cl2FN7O2S/c30-22-12-20(16-1-3-18(4-2-16)37-8-5-19(40)6-9-37)24(31)25-21(22)14-39(36-25)27(28(41)35-29-33-7-10-42-29)26-23-11-17(32)13-38(23)15-34-26/h1-4,7,10,12,14-15,17,19,27,40H,5-6,8-9,11,13H2,(H,33,35,41)/t17-,27?/m1/s1. The van der Waals surface area contributed by atoms with Crippen LogP contribution in [0.25, 0.3) is 22.0 Å². The van der Waals surface area contributed by atoms with Crippen LogP contribution in [-0.2, 0) is 17.8 Å². The molecule has 0 saturated carbocycles. The highest BCUT2D eigenvalue weighted by molar-refractivity contribution is 7.13. The molecular weight excluding hydrogens is 600 g/mol. The molecule has 2 aliphatic rings. The van der Waals surface area contributed by atoms with Crippen LogP contribution in [0.2, 0.25) is 10.0 Å². The molecule has 9 nitrogen and oxygen atoms in total. The lowest BCUT2D eigenvalue weighted by molar-refractivity contribution is -0.118. The summed E-state index contributed by atoms with van der Waals surface area (Å²) in [6, 6.07) is 8.87. The molecule has 5 aromatic rings. The first-order valence-electron chi connectivity index (χ1n) is 13.6. The number of rotatable bonds is 6. The third-order valence-corrected chi connectivity index (χ3v) is 9.32. The number of carbonyl (C=O) groups excluding carboxylic acids is 1. The Morgan fingerprint density at radius 3 is 2.69 bits per heavy atom. The van der Waals surface area contributed by atoms with Crippen LogP contribution < -0.4 is 10.2 Å². The number of nitrogens with one attached hydrogen (secondary N) is 1. The first-order valence-corrected chi connectivity index (χ1v) is 15.3. The number of amides is 1. The largest absolute Gasteiger partial charge is 0.393 e. The quantitative estimate of drug-likeness (QED) is 0.249. The fourth-order valence-corrected chi connectivity index (χ4v) is 6.87. The summed E-state index contributed by atoms with van der Waals surface area (Å²) in [7, 11) is 0.